The number of hydrogen-bond donors (Lipinski definition) is 1. The van der Waals surface area contributed by atoms with Crippen molar-refractivity contribution >= 4 is 53.7 Å². The predicted molar refractivity (Wildman–Crippen MR) is 263 cm³/mol. The van der Waals surface area contributed by atoms with Gasteiger partial charge in [-0.15, -0.1) is 12.4 Å². The molecule has 0 aromatic carbocycles. The van der Waals surface area contributed by atoms with Gasteiger partial charge < -0.3 is 5.32 Å². The van der Waals surface area contributed by atoms with Gasteiger partial charge >= 0.3 is 12.4 Å². The molecule has 78 heavy (non-hydrogen) atoms. The number of alkyl halides is 8. The number of carbonyl (C=O) groups excluding carboxylic acids is 2. The highest BCUT2D eigenvalue weighted by Gasteiger charge is 2.49. The van der Waals surface area contributed by atoms with Gasteiger partial charge in [0.25, 0.3) is 9.05 Å². The summed E-state index contributed by atoms with van der Waals surface area (Å²) in [7, 11) is -3.20. The SMILES string of the molecule is Cc1cnc(-c2cnc(C(F)(F)F)nc2)cc1CCC(=O)[C@@H]1C[C@@H](F)[C@H](C)N1.Cc1cnc(-c2cnc(C(F)(F)F)nc2)cc1CCC(=O)[C@@H]1C[C@@H](F)[C@H](C)N1S(=O)(=O)c1ccc(F)nc1.Cl.O=S(=O)(Cl)c1ccc(F)nc1. The molecule has 6 aromatic heterocycles. The van der Waals surface area contributed by atoms with E-state index in [4.69, 9.17) is 10.7 Å². The van der Waals surface area contributed by atoms with E-state index in [9.17, 15) is 70.3 Å². The maximum absolute atomic E-state index is 14.6. The maximum Gasteiger partial charge on any atom is 0.451 e. The van der Waals surface area contributed by atoms with Crippen LogP contribution in [0.25, 0.3) is 22.5 Å². The Hall–Kier alpha value is -6.20. The number of halogens is 12. The van der Waals surface area contributed by atoms with Crippen LogP contribution in [0.1, 0.15) is 73.4 Å². The Morgan fingerprint density at radius 2 is 1.06 bits per heavy atom. The van der Waals surface area contributed by atoms with Crippen LogP contribution in [0, 0.1) is 25.7 Å². The van der Waals surface area contributed by atoms with Crippen LogP contribution in [0.15, 0.2) is 95.8 Å². The lowest BCUT2D eigenvalue weighted by atomic mass is 9.99. The molecule has 0 bridgehead atoms. The number of Topliss-reactive ketones (excluding diaryl/α,β-unsaturated/α-hetero) is 2. The molecule has 6 aromatic rings. The summed E-state index contributed by atoms with van der Waals surface area (Å²) in [5.41, 5.74) is 4.35. The van der Waals surface area contributed by atoms with Crippen LogP contribution in [0.5, 0.6) is 0 Å². The van der Waals surface area contributed by atoms with Crippen molar-refractivity contribution in [1.82, 2.24) is 49.5 Å². The Morgan fingerprint density at radius 3 is 1.45 bits per heavy atom. The van der Waals surface area contributed by atoms with E-state index >= 15 is 0 Å². The van der Waals surface area contributed by atoms with Gasteiger partial charge in [0.2, 0.25) is 33.6 Å². The molecule has 16 nitrogen and oxygen atoms in total. The van der Waals surface area contributed by atoms with Crippen LogP contribution >= 0.6 is 23.1 Å². The first-order chi connectivity index (χ1) is 35.9. The first kappa shape index (κ1) is 62.6. The van der Waals surface area contributed by atoms with E-state index in [2.05, 4.69) is 45.2 Å². The molecule has 1 N–H and O–H groups in total. The fourth-order valence-electron chi connectivity index (χ4n) is 7.96. The molecule has 0 spiro atoms. The highest BCUT2D eigenvalue weighted by molar-refractivity contribution is 8.13. The molecule has 0 saturated carbocycles. The summed E-state index contributed by atoms with van der Waals surface area (Å²) in [6.07, 6.45) is -2.43. The van der Waals surface area contributed by atoms with E-state index in [-0.39, 0.29) is 77.4 Å². The van der Waals surface area contributed by atoms with Gasteiger partial charge in [0.15, 0.2) is 5.78 Å². The van der Waals surface area contributed by atoms with E-state index in [1.807, 2.05) is 6.92 Å². The fraction of sp³-hybridized carbons (Fsp3) is 0.375. The number of aromatic nitrogens is 8. The second-order valence-electron chi connectivity index (χ2n) is 17.7. The third kappa shape index (κ3) is 16.0. The number of nitrogens with one attached hydrogen (secondary N) is 1. The van der Waals surface area contributed by atoms with Gasteiger partial charge in [-0.1, -0.05) is 0 Å². The van der Waals surface area contributed by atoms with Crippen LogP contribution in [-0.2, 0) is 53.9 Å². The molecule has 8 heterocycles. The van der Waals surface area contributed by atoms with Gasteiger partial charge in [-0.05, 0) is 99.2 Å². The summed E-state index contributed by atoms with van der Waals surface area (Å²) in [5, 5.41) is 2.96. The lowest BCUT2D eigenvalue weighted by molar-refractivity contribution is -0.145. The molecule has 8 rings (SSSR count). The Bertz CT molecular complexity index is 3270. The first-order valence-electron chi connectivity index (χ1n) is 22.9. The molecule has 2 aliphatic heterocycles. The summed E-state index contributed by atoms with van der Waals surface area (Å²) in [5.74, 6) is -4.68. The number of carbonyl (C=O) groups is 2. The van der Waals surface area contributed by atoms with Gasteiger partial charge in [0.1, 0.15) is 27.9 Å². The average Bonchev–Trinajstić information content (AvgIpc) is 3.88. The summed E-state index contributed by atoms with van der Waals surface area (Å²) in [6.45, 7) is 6.64. The minimum atomic E-state index is -4.68. The molecule has 30 heteroatoms. The van der Waals surface area contributed by atoms with Crippen LogP contribution in [0.2, 0.25) is 0 Å². The second kappa shape index (κ2) is 25.7. The lowest BCUT2D eigenvalue weighted by Gasteiger charge is -2.26. The fourth-order valence-corrected chi connectivity index (χ4v) is 10.4. The third-order valence-electron chi connectivity index (χ3n) is 12.3. The Morgan fingerprint density at radius 1 is 0.628 bits per heavy atom. The van der Waals surface area contributed by atoms with E-state index in [1.165, 1.54) is 13.1 Å². The quantitative estimate of drug-likeness (QED) is 0.0647. The van der Waals surface area contributed by atoms with Crippen molar-refractivity contribution in [3.63, 3.8) is 0 Å². The first-order valence-corrected chi connectivity index (χ1v) is 26.7. The Balaban J connectivity index is 0.000000245. The molecule has 420 valence electrons. The molecule has 6 atom stereocenters. The lowest BCUT2D eigenvalue weighted by Crippen LogP contribution is -2.44. The van der Waals surface area contributed by atoms with Crippen molar-refractivity contribution in [1.29, 1.82) is 0 Å². The van der Waals surface area contributed by atoms with Crippen molar-refractivity contribution in [2.75, 3.05) is 0 Å². The molecule has 2 fully saturated rings. The summed E-state index contributed by atoms with van der Waals surface area (Å²) >= 11 is 0. The smallest absolute Gasteiger partial charge is 0.302 e. The van der Waals surface area contributed by atoms with Crippen molar-refractivity contribution in [3.05, 3.63) is 132 Å². The number of sulfonamides is 1. The minimum absolute atomic E-state index is 0. The third-order valence-corrected chi connectivity index (χ3v) is 15.6. The molecule has 0 unspecified atom stereocenters. The van der Waals surface area contributed by atoms with Gasteiger partial charge in [0, 0.05) is 90.7 Å². The number of hydrogen-bond acceptors (Lipinski definition) is 15. The zero-order valence-electron chi connectivity index (χ0n) is 41.1. The van der Waals surface area contributed by atoms with Crippen LogP contribution < -0.4 is 5.32 Å². The predicted octanol–water partition coefficient (Wildman–Crippen LogP) is 9.12. The summed E-state index contributed by atoms with van der Waals surface area (Å²) in [6, 6.07) is 3.96. The zero-order valence-corrected chi connectivity index (χ0v) is 44.4. The van der Waals surface area contributed by atoms with Gasteiger partial charge in [-0.25, -0.2) is 55.5 Å². The highest BCUT2D eigenvalue weighted by Crippen LogP contribution is 2.35. The molecule has 2 aliphatic rings. The van der Waals surface area contributed by atoms with E-state index in [0.717, 1.165) is 76.9 Å². The molecular weight excluding hydrogens is 1140 g/mol. The number of nitrogens with zero attached hydrogens (tertiary/aromatic N) is 9. The van der Waals surface area contributed by atoms with Gasteiger partial charge in [-0.2, -0.15) is 39.4 Å². The molecule has 2 saturated heterocycles. The van der Waals surface area contributed by atoms with Crippen LogP contribution in [-0.4, -0.2) is 109 Å². The highest BCUT2D eigenvalue weighted by atomic mass is 35.7. The molecular formula is C48H46Cl2F10N10O6S2. The monoisotopic (exact) mass is 1180 g/mol. The maximum atomic E-state index is 14.6. The second-order valence-corrected chi connectivity index (χ2v) is 22.1. The number of pyridine rings is 4. The summed E-state index contributed by atoms with van der Waals surface area (Å²) in [4.78, 5) is 53.1. The van der Waals surface area contributed by atoms with Gasteiger partial charge in [-0.3, -0.25) is 19.6 Å². The standard InChI is InChI=1S/C24H22F5N5O3S.C19H20F4N4O.C5H3ClFNO2S.ClH/c1-13-9-30-19(16-10-32-23(33-11-16)24(27,28)29)7-15(13)3-5-21(35)20-8-18(25)14(2)34(20)38(36,37)17-4-6-22(26)31-12-17;1-10-7-24-15(13-8-25-18(26-9-13)19(21,22)23)5-12(10)3-4-17(28)16-6-14(20)11(2)27-16;6-11(9,10)4-1-2-5(7)8-3-4;/h4,6-7,9-12,14,18,20H,3,5,8H2,1-2H3;5,7-9,11,14,16,27H,3-4,6H2,1-2H3;1-3H;1H/t14-,18+,20-;11-,14+,16-;;/m00../s1. The van der Waals surface area contributed by atoms with Crippen LogP contribution in [0.3, 0.4) is 0 Å². The largest absolute Gasteiger partial charge is 0.451 e. The topological polar surface area (TPSA) is 221 Å². The van der Waals surface area contributed by atoms with Crippen molar-refractivity contribution in [3.8, 4) is 22.5 Å². The number of aryl methyl sites for hydroxylation is 4. The van der Waals surface area contributed by atoms with Crippen molar-refractivity contribution in [2.24, 2.45) is 0 Å². The zero-order chi connectivity index (χ0) is 56.8. The van der Waals surface area contributed by atoms with Crippen molar-refractivity contribution < 1.29 is 70.3 Å². The van der Waals surface area contributed by atoms with E-state index in [1.54, 1.807) is 32.2 Å². The normalized spacial score (nSPS) is 19.7. The Kier molecular flexibility index (Phi) is 20.7. The number of rotatable bonds is 13. The van der Waals surface area contributed by atoms with Gasteiger partial charge in [0.05, 0.1) is 41.9 Å². The molecule has 0 radical (unpaired) electrons. The Labute approximate surface area is 450 Å². The minimum Gasteiger partial charge on any atom is -0.302 e. The molecule has 0 amide bonds. The van der Waals surface area contributed by atoms with Crippen LogP contribution in [0.4, 0.5) is 43.9 Å². The van der Waals surface area contributed by atoms with Crippen molar-refractivity contribution in [2.45, 2.75) is 125 Å². The average molecular weight is 1180 g/mol. The van der Waals surface area contributed by atoms with E-state index in [0.29, 0.717) is 28.8 Å². The summed E-state index contributed by atoms with van der Waals surface area (Å²) < 4.78 is 178. The number of ketones is 2. The van der Waals surface area contributed by atoms with E-state index < -0.39 is 91.2 Å². The molecule has 0 aliphatic carbocycles.